The third-order valence-electron chi connectivity index (χ3n) is 3.64. The molecule has 1 saturated carbocycles. The SMILES string of the molecule is CC(CCCNC(=O)NC1(C)CCCC1)C(=O)O. The van der Waals surface area contributed by atoms with Crippen LogP contribution in [0.1, 0.15) is 52.4 Å². The summed E-state index contributed by atoms with van der Waals surface area (Å²) < 4.78 is 0. The molecule has 2 amide bonds. The second kappa shape index (κ2) is 6.61. The van der Waals surface area contributed by atoms with E-state index in [2.05, 4.69) is 17.6 Å². The minimum Gasteiger partial charge on any atom is -0.481 e. The van der Waals surface area contributed by atoms with E-state index in [-0.39, 0.29) is 17.5 Å². The molecule has 1 atom stereocenters. The maximum absolute atomic E-state index is 11.6. The zero-order valence-electron chi connectivity index (χ0n) is 11.3. The van der Waals surface area contributed by atoms with Crippen LogP contribution in [0.25, 0.3) is 0 Å². The number of urea groups is 1. The number of hydrogen-bond acceptors (Lipinski definition) is 2. The van der Waals surface area contributed by atoms with Crippen molar-refractivity contribution in [2.45, 2.75) is 57.9 Å². The number of rotatable bonds is 6. The van der Waals surface area contributed by atoms with Gasteiger partial charge in [0.1, 0.15) is 0 Å². The highest BCUT2D eigenvalue weighted by Gasteiger charge is 2.29. The zero-order chi connectivity index (χ0) is 13.6. The number of hydrogen-bond donors (Lipinski definition) is 3. The number of carboxylic acids is 1. The highest BCUT2D eigenvalue weighted by molar-refractivity contribution is 5.74. The predicted octanol–water partition coefficient (Wildman–Crippen LogP) is 2.12. The summed E-state index contributed by atoms with van der Waals surface area (Å²) in [6, 6.07) is -0.137. The smallest absolute Gasteiger partial charge is 0.315 e. The maximum Gasteiger partial charge on any atom is 0.315 e. The van der Waals surface area contributed by atoms with Crippen LogP contribution in [0, 0.1) is 5.92 Å². The van der Waals surface area contributed by atoms with E-state index in [1.165, 1.54) is 12.8 Å². The molecule has 0 aliphatic heterocycles. The van der Waals surface area contributed by atoms with Gasteiger partial charge >= 0.3 is 12.0 Å². The molecule has 3 N–H and O–H groups in total. The molecule has 18 heavy (non-hydrogen) atoms. The van der Waals surface area contributed by atoms with Gasteiger partial charge in [-0.1, -0.05) is 19.8 Å². The molecule has 5 heteroatoms. The van der Waals surface area contributed by atoms with Crippen LogP contribution in [-0.2, 0) is 4.79 Å². The van der Waals surface area contributed by atoms with E-state index in [0.29, 0.717) is 19.4 Å². The first-order chi connectivity index (χ1) is 8.43. The van der Waals surface area contributed by atoms with Gasteiger partial charge in [-0.25, -0.2) is 4.79 Å². The summed E-state index contributed by atoms with van der Waals surface area (Å²) in [5.41, 5.74) is -0.0571. The maximum atomic E-state index is 11.6. The first-order valence-electron chi connectivity index (χ1n) is 6.72. The molecule has 0 heterocycles. The largest absolute Gasteiger partial charge is 0.481 e. The van der Waals surface area contributed by atoms with Crippen molar-refractivity contribution in [2.75, 3.05) is 6.54 Å². The summed E-state index contributed by atoms with van der Waals surface area (Å²) in [6.07, 6.45) is 5.71. The van der Waals surface area contributed by atoms with E-state index >= 15 is 0 Å². The Balaban J connectivity index is 2.12. The molecule has 1 unspecified atom stereocenters. The van der Waals surface area contributed by atoms with Gasteiger partial charge < -0.3 is 15.7 Å². The van der Waals surface area contributed by atoms with Crippen LogP contribution in [0.2, 0.25) is 0 Å². The number of carbonyl (C=O) groups is 2. The minimum absolute atomic E-state index is 0.0571. The van der Waals surface area contributed by atoms with Gasteiger partial charge in [0.25, 0.3) is 0 Å². The van der Waals surface area contributed by atoms with Crippen LogP contribution in [0.5, 0.6) is 0 Å². The molecule has 5 nitrogen and oxygen atoms in total. The Bertz CT molecular complexity index is 299. The van der Waals surface area contributed by atoms with Crippen LogP contribution in [0.3, 0.4) is 0 Å². The Morgan fingerprint density at radius 2 is 1.94 bits per heavy atom. The number of carbonyl (C=O) groups excluding carboxylic acids is 1. The van der Waals surface area contributed by atoms with Crippen molar-refractivity contribution in [3.8, 4) is 0 Å². The van der Waals surface area contributed by atoms with Crippen molar-refractivity contribution in [2.24, 2.45) is 5.92 Å². The number of aliphatic carboxylic acids is 1. The molecule has 0 spiro atoms. The highest BCUT2D eigenvalue weighted by atomic mass is 16.4. The monoisotopic (exact) mass is 256 g/mol. The van der Waals surface area contributed by atoms with Gasteiger partial charge in [-0.15, -0.1) is 0 Å². The lowest BCUT2D eigenvalue weighted by molar-refractivity contribution is -0.141. The van der Waals surface area contributed by atoms with Crippen LogP contribution < -0.4 is 10.6 Å². The summed E-state index contributed by atoms with van der Waals surface area (Å²) in [5, 5.41) is 14.5. The molecular weight excluding hydrogens is 232 g/mol. The van der Waals surface area contributed by atoms with Crippen molar-refractivity contribution in [3.63, 3.8) is 0 Å². The molecule has 0 bridgehead atoms. The molecule has 0 aromatic heterocycles. The molecular formula is C13H24N2O3. The molecule has 104 valence electrons. The first kappa shape index (κ1) is 14.8. The average Bonchev–Trinajstić information content (AvgIpc) is 2.70. The quantitative estimate of drug-likeness (QED) is 0.637. The third kappa shape index (κ3) is 4.94. The first-order valence-corrected chi connectivity index (χ1v) is 6.72. The van der Waals surface area contributed by atoms with Gasteiger partial charge in [-0.05, 0) is 32.6 Å². The molecule has 1 rings (SSSR count). The fourth-order valence-electron chi connectivity index (χ4n) is 2.33. The average molecular weight is 256 g/mol. The molecule has 0 aromatic carbocycles. The molecule has 1 aliphatic carbocycles. The van der Waals surface area contributed by atoms with Crippen molar-refractivity contribution < 1.29 is 14.7 Å². The third-order valence-corrected chi connectivity index (χ3v) is 3.64. The lowest BCUT2D eigenvalue weighted by Gasteiger charge is -2.25. The Morgan fingerprint density at radius 1 is 1.33 bits per heavy atom. The van der Waals surface area contributed by atoms with Gasteiger partial charge in [-0.2, -0.15) is 0 Å². The summed E-state index contributed by atoms with van der Waals surface area (Å²) in [7, 11) is 0. The van der Waals surface area contributed by atoms with E-state index in [9.17, 15) is 9.59 Å². The molecule has 0 saturated heterocycles. The van der Waals surface area contributed by atoms with Gasteiger partial charge in [0.2, 0.25) is 0 Å². The van der Waals surface area contributed by atoms with Crippen molar-refractivity contribution in [1.29, 1.82) is 0 Å². The molecule has 0 radical (unpaired) electrons. The fraction of sp³-hybridized carbons (Fsp3) is 0.846. The fourth-order valence-corrected chi connectivity index (χ4v) is 2.33. The zero-order valence-corrected chi connectivity index (χ0v) is 11.3. The lowest BCUT2D eigenvalue weighted by atomic mass is 10.0. The summed E-state index contributed by atoms with van der Waals surface area (Å²) in [4.78, 5) is 22.2. The van der Waals surface area contributed by atoms with Crippen molar-refractivity contribution in [1.82, 2.24) is 10.6 Å². The Labute approximate surface area is 108 Å². The predicted molar refractivity (Wildman–Crippen MR) is 69.4 cm³/mol. The lowest BCUT2D eigenvalue weighted by Crippen LogP contribution is -2.48. The van der Waals surface area contributed by atoms with Crippen molar-refractivity contribution in [3.05, 3.63) is 0 Å². The van der Waals surface area contributed by atoms with E-state index < -0.39 is 5.97 Å². The second-order valence-electron chi connectivity index (χ2n) is 5.53. The van der Waals surface area contributed by atoms with Crippen LogP contribution in [-0.4, -0.2) is 29.2 Å². The highest BCUT2D eigenvalue weighted by Crippen LogP contribution is 2.28. The number of nitrogens with one attached hydrogen (secondary N) is 2. The minimum atomic E-state index is -0.780. The summed E-state index contributed by atoms with van der Waals surface area (Å²) in [5.74, 6) is -1.12. The second-order valence-corrected chi connectivity index (χ2v) is 5.53. The Kier molecular flexibility index (Phi) is 5.44. The van der Waals surface area contributed by atoms with Gasteiger partial charge in [0, 0.05) is 12.1 Å². The Hall–Kier alpha value is -1.26. The van der Waals surface area contributed by atoms with E-state index in [4.69, 9.17) is 5.11 Å². The van der Waals surface area contributed by atoms with E-state index in [1.807, 2.05) is 0 Å². The molecule has 0 aromatic rings. The van der Waals surface area contributed by atoms with Gasteiger partial charge in [0.15, 0.2) is 0 Å². The van der Waals surface area contributed by atoms with Crippen LogP contribution >= 0.6 is 0 Å². The number of amides is 2. The van der Waals surface area contributed by atoms with E-state index in [0.717, 1.165) is 12.8 Å². The molecule has 1 aliphatic rings. The normalized spacial score (nSPS) is 19.2. The van der Waals surface area contributed by atoms with Crippen LogP contribution in [0.15, 0.2) is 0 Å². The van der Waals surface area contributed by atoms with Crippen LogP contribution in [0.4, 0.5) is 4.79 Å². The van der Waals surface area contributed by atoms with Gasteiger partial charge in [0.05, 0.1) is 5.92 Å². The van der Waals surface area contributed by atoms with Gasteiger partial charge in [-0.3, -0.25) is 4.79 Å². The molecule has 1 fully saturated rings. The Morgan fingerprint density at radius 3 is 2.50 bits per heavy atom. The number of carboxylic acid groups (broad SMARTS) is 1. The van der Waals surface area contributed by atoms with Crippen molar-refractivity contribution >= 4 is 12.0 Å². The van der Waals surface area contributed by atoms with E-state index in [1.54, 1.807) is 6.92 Å². The summed E-state index contributed by atoms with van der Waals surface area (Å²) >= 11 is 0. The standard InChI is InChI=1S/C13H24N2O3/c1-10(11(16)17)6-5-9-14-12(18)15-13(2)7-3-4-8-13/h10H,3-9H2,1-2H3,(H,16,17)(H2,14,15,18). The summed E-state index contributed by atoms with van der Waals surface area (Å²) in [6.45, 7) is 4.29. The topological polar surface area (TPSA) is 78.4 Å².